The third-order valence-electron chi connectivity index (χ3n) is 3.07. The molecule has 4 heteroatoms. The summed E-state index contributed by atoms with van der Waals surface area (Å²) in [4.78, 5) is 11.8. The zero-order chi connectivity index (χ0) is 14.4. The Bertz CT molecular complexity index is 443. The Morgan fingerprint density at radius 1 is 1.26 bits per heavy atom. The van der Waals surface area contributed by atoms with Gasteiger partial charge in [0, 0.05) is 12.8 Å². The van der Waals surface area contributed by atoms with Crippen LogP contribution in [0, 0.1) is 20.8 Å². The first-order valence-electron chi connectivity index (χ1n) is 6.45. The molecule has 1 aromatic carbocycles. The standard InChI is InChI=1S/C15H23NO3/c1-10-8-11(2)12(3)14(9-10)16-13(4)15(17)19-7-6-18-5/h8-9,13,16H,6-7H2,1-5H3/t13-/m0/s1. The van der Waals surface area contributed by atoms with Gasteiger partial charge in [0.25, 0.3) is 0 Å². The molecule has 0 aliphatic rings. The maximum absolute atomic E-state index is 11.8. The first-order valence-corrected chi connectivity index (χ1v) is 6.45. The number of anilines is 1. The Kier molecular flexibility index (Phi) is 5.83. The maximum atomic E-state index is 11.8. The van der Waals surface area contributed by atoms with Crippen LogP contribution in [0.25, 0.3) is 0 Å². The molecule has 0 saturated carbocycles. The third kappa shape index (κ3) is 4.56. The van der Waals surface area contributed by atoms with Crippen LogP contribution in [0.5, 0.6) is 0 Å². The van der Waals surface area contributed by atoms with Crippen LogP contribution in [0.1, 0.15) is 23.6 Å². The number of hydrogen-bond acceptors (Lipinski definition) is 4. The first-order chi connectivity index (χ1) is 8.95. The van der Waals surface area contributed by atoms with Crippen LogP contribution < -0.4 is 5.32 Å². The molecule has 0 fully saturated rings. The van der Waals surface area contributed by atoms with Crippen molar-refractivity contribution in [3.8, 4) is 0 Å². The van der Waals surface area contributed by atoms with E-state index in [1.807, 2.05) is 19.9 Å². The first kappa shape index (κ1) is 15.5. The molecule has 0 unspecified atom stereocenters. The summed E-state index contributed by atoms with van der Waals surface area (Å²) in [6.07, 6.45) is 0. The minimum absolute atomic E-state index is 0.268. The van der Waals surface area contributed by atoms with E-state index in [2.05, 4.69) is 18.3 Å². The van der Waals surface area contributed by atoms with Crippen LogP contribution in [-0.4, -0.2) is 32.3 Å². The average Bonchev–Trinajstić information content (AvgIpc) is 2.35. The predicted octanol–water partition coefficient (Wildman–Crippen LogP) is 2.60. The molecule has 0 aromatic heterocycles. The quantitative estimate of drug-likeness (QED) is 0.634. The van der Waals surface area contributed by atoms with E-state index in [-0.39, 0.29) is 18.6 Å². The lowest BCUT2D eigenvalue weighted by Crippen LogP contribution is -2.29. The molecular weight excluding hydrogens is 242 g/mol. The van der Waals surface area contributed by atoms with Gasteiger partial charge in [-0.1, -0.05) is 6.07 Å². The lowest BCUT2D eigenvalue weighted by atomic mass is 10.0. The summed E-state index contributed by atoms with van der Waals surface area (Å²) in [5.74, 6) is -0.268. The van der Waals surface area contributed by atoms with E-state index in [1.165, 1.54) is 11.1 Å². The van der Waals surface area contributed by atoms with Crippen molar-refractivity contribution in [3.63, 3.8) is 0 Å². The van der Waals surface area contributed by atoms with Gasteiger partial charge in [-0.05, 0) is 50.5 Å². The summed E-state index contributed by atoms with van der Waals surface area (Å²) in [5, 5.41) is 3.20. The summed E-state index contributed by atoms with van der Waals surface area (Å²) in [5.41, 5.74) is 4.52. The fraction of sp³-hybridized carbons (Fsp3) is 0.533. The van der Waals surface area contributed by atoms with Gasteiger partial charge in [0.15, 0.2) is 0 Å². The van der Waals surface area contributed by atoms with Crippen molar-refractivity contribution in [1.82, 2.24) is 0 Å². The van der Waals surface area contributed by atoms with Crippen molar-refractivity contribution >= 4 is 11.7 Å². The van der Waals surface area contributed by atoms with E-state index in [4.69, 9.17) is 9.47 Å². The number of esters is 1. The number of methoxy groups -OCH3 is 1. The summed E-state index contributed by atoms with van der Waals surface area (Å²) in [6, 6.07) is 3.79. The van der Waals surface area contributed by atoms with Crippen LogP contribution in [0.4, 0.5) is 5.69 Å². The number of carbonyl (C=O) groups excluding carboxylic acids is 1. The highest BCUT2D eigenvalue weighted by Crippen LogP contribution is 2.21. The molecule has 0 saturated heterocycles. The Labute approximate surface area is 115 Å². The molecule has 0 bridgehead atoms. The predicted molar refractivity (Wildman–Crippen MR) is 76.6 cm³/mol. The van der Waals surface area contributed by atoms with Gasteiger partial charge in [0.2, 0.25) is 0 Å². The molecule has 0 spiro atoms. The zero-order valence-electron chi connectivity index (χ0n) is 12.4. The Balaban J connectivity index is 2.66. The summed E-state index contributed by atoms with van der Waals surface area (Å²) in [7, 11) is 1.58. The van der Waals surface area contributed by atoms with Crippen molar-refractivity contribution in [2.45, 2.75) is 33.7 Å². The van der Waals surface area contributed by atoms with Gasteiger partial charge in [-0.3, -0.25) is 0 Å². The number of rotatable bonds is 6. The highest BCUT2D eigenvalue weighted by Gasteiger charge is 2.15. The Hall–Kier alpha value is -1.55. The molecule has 0 heterocycles. The number of aryl methyl sites for hydroxylation is 2. The van der Waals surface area contributed by atoms with Crippen LogP contribution in [0.3, 0.4) is 0 Å². The Morgan fingerprint density at radius 3 is 2.58 bits per heavy atom. The van der Waals surface area contributed by atoms with Gasteiger partial charge in [-0.2, -0.15) is 0 Å². The van der Waals surface area contributed by atoms with Gasteiger partial charge >= 0.3 is 5.97 Å². The fourth-order valence-corrected chi connectivity index (χ4v) is 1.83. The molecular formula is C15H23NO3. The van der Waals surface area contributed by atoms with E-state index in [9.17, 15) is 4.79 Å². The van der Waals surface area contributed by atoms with Gasteiger partial charge in [-0.15, -0.1) is 0 Å². The lowest BCUT2D eigenvalue weighted by Gasteiger charge is -2.18. The second kappa shape index (κ2) is 7.14. The van der Waals surface area contributed by atoms with Gasteiger partial charge < -0.3 is 14.8 Å². The number of benzene rings is 1. The second-order valence-corrected chi connectivity index (χ2v) is 4.78. The third-order valence-corrected chi connectivity index (χ3v) is 3.07. The van der Waals surface area contributed by atoms with Crippen LogP contribution in [-0.2, 0) is 14.3 Å². The molecule has 0 amide bonds. The van der Waals surface area contributed by atoms with Crippen molar-refractivity contribution in [2.24, 2.45) is 0 Å². The molecule has 4 nitrogen and oxygen atoms in total. The van der Waals surface area contributed by atoms with Crippen LogP contribution in [0.2, 0.25) is 0 Å². The van der Waals surface area contributed by atoms with Crippen LogP contribution >= 0.6 is 0 Å². The van der Waals surface area contributed by atoms with Crippen molar-refractivity contribution in [3.05, 3.63) is 28.8 Å². The molecule has 0 radical (unpaired) electrons. The molecule has 0 aliphatic carbocycles. The molecule has 1 N–H and O–H groups in total. The molecule has 0 aliphatic heterocycles. The van der Waals surface area contributed by atoms with E-state index >= 15 is 0 Å². The highest BCUT2D eigenvalue weighted by molar-refractivity contribution is 5.79. The fourth-order valence-electron chi connectivity index (χ4n) is 1.83. The monoisotopic (exact) mass is 265 g/mol. The zero-order valence-corrected chi connectivity index (χ0v) is 12.4. The van der Waals surface area contributed by atoms with E-state index < -0.39 is 0 Å². The number of carbonyl (C=O) groups is 1. The minimum atomic E-state index is -0.378. The maximum Gasteiger partial charge on any atom is 0.328 e. The average molecular weight is 265 g/mol. The van der Waals surface area contributed by atoms with E-state index in [0.717, 1.165) is 11.3 Å². The second-order valence-electron chi connectivity index (χ2n) is 4.78. The minimum Gasteiger partial charge on any atom is -0.462 e. The summed E-state index contributed by atoms with van der Waals surface area (Å²) < 4.78 is 9.93. The van der Waals surface area contributed by atoms with Gasteiger partial charge in [-0.25, -0.2) is 4.79 Å². The lowest BCUT2D eigenvalue weighted by molar-refractivity contribution is -0.145. The smallest absolute Gasteiger partial charge is 0.328 e. The van der Waals surface area contributed by atoms with Gasteiger partial charge in [0.05, 0.1) is 6.61 Å². The van der Waals surface area contributed by atoms with Gasteiger partial charge in [0.1, 0.15) is 12.6 Å². The van der Waals surface area contributed by atoms with Crippen molar-refractivity contribution in [1.29, 1.82) is 0 Å². The Morgan fingerprint density at radius 2 is 1.95 bits per heavy atom. The summed E-state index contributed by atoms with van der Waals surface area (Å²) in [6.45, 7) is 8.65. The molecule has 19 heavy (non-hydrogen) atoms. The highest BCUT2D eigenvalue weighted by atomic mass is 16.6. The topological polar surface area (TPSA) is 47.6 Å². The number of hydrogen-bond donors (Lipinski definition) is 1. The molecule has 1 atom stereocenters. The van der Waals surface area contributed by atoms with E-state index in [0.29, 0.717) is 6.61 Å². The van der Waals surface area contributed by atoms with Crippen molar-refractivity contribution < 1.29 is 14.3 Å². The normalized spacial score (nSPS) is 12.1. The number of ether oxygens (including phenoxy) is 2. The van der Waals surface area contributed by atoms with Crippen LogP contribution in [0.15, 0.2) is 12.1 Å². The SMILES string of the molecule is COCCOC(=O)[C@H](C)Nc1cc(C)cc(C)c1C. The number of nitrogens with one attached hydrogen (secondary N) is 1. The van der Waals surface area contributed by atoms with E-state index in [1.54, 1.807) is 14.0 Å². The summed E-state index contributed by atoms with van der Waals surface area (Å²) >= 11 is 0. The molecule has 1 rings (SSSR count). The largest absolute Gasteiger partial charge is 0.462 e. The molecule has 1 aromatic rings. The molecule has 106 valence electrons. The van der Waals surface area contributed by atoms with Crippen molar-refractivity contribution in [2.75, 3.05) is 25.6 Å².